The van der Waals surface area contributed by atoms with Crippen LogP contribution in [0.25, 0.3) is 0 Å². The lowest BCUT2D eigenvalue weighted by molar-refractivity contribution is -0.535. The minimum absolute atomic E-state index is 2.25. The topological polar surface area (TPSA) is 93.1 Å². The Labute approximate surface area is 173 Å². The van der Waals surface area contributed by atoms with Crippen molar-refractivity contribution >= 4 is 11.9 Å². The molecule has 2 N–H and O–H groups in total. The van der Waals surface area contributed by atoms with Gasteiger partial charge >= 0.3 is 59.7 Å². The van der Waals surface area contributed by atoms with Crippen molar-refractivity contribution in [2.45, 2.75) is 60.0 Å². The fraction of sp³-hybridized carbons (Fsp3) is 0.833. The predicted molar refractivity (Wildman–Crippen MR) is 64.4 cm³/mol. The first-order chi connectivity index (χ1) is 14.5. The number of hydrogen-bond donors (Lipinski definition) is 2. The van der Waals surface area contributed by atoms with Gasteiger partial charge in [0.15, 0.2) is 0 Å². The third kappa shape index (κ3) is 3.68. The molecule has 1 fully saturated rings. The van der Waals surface area contributed by atoms with Crippen molar-refractivity contribution in [3.8, 4) is 0 Å². The Morgan fingerprint density at radius 2 is 0.882 bits per heavy atom. The summed E-state index contributed by atoms with van der Waals surface area (Å²) < 4.78 is 219. The van der Waals surface area contributed by atoms with E-state index in [1.807, 2.05) is 0 Å². The summed E-state index contributed by atoms with van der Waals surface area (Å²) in [5.74, 6) is -60.0. The highest BCUT2D eigenvalue weighted by atomic mass is 19.4. The summed E-state index contributed by atoms with van der Waals surface area (Å²) in [6.45, 7) is 0. The number of aliphatic carboxylic acids is 2. The SMILES string of the molecule is O=C(O)C(F)(OC1(OC(F)(C(=O)O)C(F)(F)F)CC(F)(F)C(F)(F)C(F)(F)C1(F)F)C(F)(F)F. The van der Waals surface area contributed by atoms with Gasteiger partial charge in [-0.15, -0.1) is 0 Å². The van der Waals surface area contributed by atoms with Gasteiger partial charge in [-0.05, 0) is 0 Å². The van der Waals surface area contributed by atoms with E-state index < -0.39 is 71.9 Å². The maximum Gasteiger partial charge on any atom is 0.460 e. The number of carboxylic acids is 2. The molecule has 0 aromatic carbocycles. The van der Waals surface area contributed by atoms with Crippen LogP contribution in [0.5, 0.6) is 0 Å². The van der Waals surface area contributed by atoms with Crippen LogP contribution >= 0.6 is 0 Å². The van der Waals surface area contributed by atoms with Gasteiger partial charge in [0, 0.05) is 0 Å². The lowest BCUT2D eigenvalue weighted by Gasteiger charge is -2.53. The Bertz CT molecular complexity index is 808. The fourth-order valence-electron chi connectivity index (χ4n) is 2.30. The Balaban J connectivity index is 4.17. The molecule has 0 bridgehead atoms. The van der Waals surface area contributed by atoms with Gasteiger partial charge in [-0.25, -0.2) is 9.59 Å². The molecule has 0 aliphatic heterocycles. The van der Waals surface area contributed by atoms with Crippen molar-refractivity contribution in [3.05, 3.63) is 0 Å². The van der Waals surface area contributed by atoms with Gasteiger partial charge in [-0.3, -0.25) is 9.47 Å². The zero-order valence-electron chi connectivity index (χ0n) is 14.8. The lowest BCUT2D eigenvalue weighted by atomic mass is 9.80. The van der Waals surface area contributed by atoms with E-state index in [9.17, 15) is 79.8 Å². The molecule has 0 saturated heterocycles. The predicted octanol–water partition coefficient (Wildman–Crippen LogP) is 4.29. The summed E-state index contributed by atoms with van der Waals surface area (Å²) >= 11 is 0. The van der Waals surface area contributed by atoms with Crippen LogP contribution in [0.2, 0.25) is 0 Å². The minimum Gasteiger partial charge on any atom is -0.477 e. The minimum atomic E-state index is -7.92. The van der Waals surface area contributed by atoms with Crippen molar-refractivity contribution in [3.63, 3.8) is 0 Å². The molecule has 0 aromatic rings. The summed E-state index contributed by atoms with van der Waals surface area (Å²) in [6, 6.07) is 0. The molecule has 0 heterocycles. The van der Waals surface area contributed by atoms with Gasteiger partial charge in [0.2, 0.25) is 0 Å². The Kier molecular flexibility index (Phi) is 6.45. The van der Waals surface area contributed by atoms with Gasteiger partial charge in [-0.1, -0.05) is 0 Å². The summed E-state index contributed by atoms with van der Waals surface area (Å²) in [6.07, 6.45) is -19.2. The summed E-state index contributed by atoms with van der Waals surface area (Å²) in [7, 11) is 0. The molecule has 1 saturated carbocycles. The number of rotatable bonds is 6. The molecule has 200 valence electrons. The Hall–Kier alpha value is -2.26. The second-order valence-electron chi connectivity index (χ2n) is 6.36. The number of carboxylic acid groups (broad SMARTS) is 2. The van der Waals surface area contributed by atoms with Gasteiger partial charge in [0.25, 0.3) is 5.79 Å². The van der Waals surface area contributed by atoms with E-state index in [1.54, 1.807) is 0 Å². The fourth-order valence-corrected chi connectivity index (χ4v) is 2.30. The van der Waals surface area contributed by atoms with Crippen LogP contribution in [0, 0.1) is 0 Å². The molecular formula is C12H4F16O6. The highest BCUT2D eigenvalue weighted by molar-refractivity contribution is 5.77. The van der Waals surface area contributed by atoms with Crippen LogP contribution in [0.3, 0.4) is 0 Å². The molecule has 0 spiro atoms. The third-order valence-electron chi connectivity index (χ3n) is 4.07. The highest BCUT2D eigenvalue weighted by Gasteiger charge is 2.94. The zero-order chi connectivity index (χ0) is 27.8. The first-order valence-corrected chi connectivity index (χ1v) is 7.40. The van der Waals surface area contributed by atoms with Crippen molar-refractivity contribution < 1.29 is 99.5 Å². The van der Waals surface area contributed by atoms with E-state index in [1.165, 1.54) is 0 Å². The second-order valence-corrected chi connectivity index (χ2v) is 6.36. The second kappa shape index (κ2) is 7.37. The van der Waals surface area contributed by atoms with Crippen LogP contribution in [0.1, 0.15) is 6.42 Å². The molecular weight excluding hydrogens is 544 g/mol. The van der Waals surface area contributed by atoms with Crippen LogP contribution in [-0.2, 0) is 19.1 Å². The smallest absolute Gasteiger partial charge is 0.460 e. The van der Waals surface area contributed by atoms with Gasteiger partial charge in [0.1, 0.15) is 0 Å². The van der Waals surface area contributed by atoms with Gasteiger partial charge in [-0.2, -0.15) is 70.2 Å². The van der Waals surface area contributed by atoms with E-state index in [4.69, 9.17) is 10.2 Å². The quantitative estimate of drug-likeness (QED) is 0.381. The molecule has 1 aliphatic rings. The molecule has 6 nitrogen and oxygen atoms in total. The molecule has 34 heavy (non-hydrogen) atoms. The lowest BCUT2D eigenvalue weighted by Crippen LogP contribution is -2.80. The maximum absolute atomic E-state index is 14.2. The van der Waals surface area contributed by atoms with Crippen LogP contribution in [-0.4, -0.2) is 75.7 Å². The molecule has 0 amide bonds. The molecule has 2 unspecified atom stereocenters. The monoisotopic (exact) mass is 548 g/mol. The van der Waals surface area contributed by atoms with Crippen LogP contribution < -0.4 is 0 Å². The van der Waals surface area contributed by atoms with E-state index in [-0.39, 0.29) is 0 Å². The van der Waals surface area contributed by atoms with E-state index >= 15 is 0 Å². The Morgan fingerprint density at radius 1 is 0.588 bits per heavy atom. The molecule has 22 heteroatoms. The number of hydrogen-bond acceptors (Lipinski definition) is 4. The third-order valence-corrected chi connectivity index (χ3v) is 4.07. The van der Waals surface area contributed by atoms with Gasteiger partial charge < -0.3 is 10.2 Å². The highest BCUT2D eigenvalue weighted by Crippen LogP contribution is 2.66. The summed E-state index contributed by atoms with van der Waals surface area (Å²) in [5.41, 5.74) is 0. The number of halogens is 16. The standard InChI is InChI=1S/C12H4F16O6/c13-4(14)1-5(9(19,20)10(21,22)8(4,17)18,33-6(15,2(29)30)11(23,24)25)34-7(16,3(31)32)12(26,27)28/h1H2,(H,29,30)(H,31,32). The van der Waals surface area contributed by atoms with Crippen molar-refractivity contribution in [2.75, 3.05) is 0 Å². The summed E-state index contributed by atoms with van der Waals surface area (Å²) in [4.78, 5) is 21.1. The molecule has 0 aromatic heterocycles. The van der Waals surface area contributed by atoms with Gasteiger partial charge in [0.05, 0.1) is 6.42 Å². The average molecular weight is 548 g/mol. The molecule has 1 rings (SSSR count). The average Bonchev–Trinajstić information content (AvgIpc) is 2.57. The largest absolute Gasteiger partial charge is 0.477 e. The maximum atomic E-state index is 14.2. The molecule has 1 aliphatic carbocycles. The Morgan fingerprint density at radius 3 is 1.12 bits per heavy atom. The van der Waals surface area contributed by atoms with Crippen molar-refractivity contribution in [2.24, 2.45) is 0 Å². The van der Waals surface area contributed by atoms with Crippen LogP contribution in [0.4, 0.5) is 70.2 Å². The van der Waals surface area contributed by atoms with Crippen molar-refractivity contribution in [1.82, 2.24) is 0 Å². The number of alkyl halides is 16. The van der Waals surface area contributed by atoms with E-state index in [2.05, 4.69) is 9.47 Å². The number of carbonyl (C=O) groups is 2. The first kappa shape index (κ1) is 29.8. The number of ether oxygens (including phenoxy) is 2. The first-order valence-electron chi connectivity index (χ1n) is 7.40. The van der Waals surface area contributed by atoms with Crippen molar-refractivity contribution in [1.29, 1.82) is 0 Å². The zero-order valence-corrected chi connectivity index (χ0v) is 14.8. The summed E-state index contributed by atoms with van der Waals surface area (Å²) in [5, 5.41) is 16.5. The molecule has 2 atom stereocenters. The van der Waals surface area contributed by atoms with E-state index in [0.29, 0.717) is 0 Å². The normalized spacial score (nSPS) is 29.5. The molecule has 0 radical (unpaired) electrons. The van der Waals surface area contributed by atoms with Crippen LogP contribution in [0.15, 0.2) is 0 Å². The van der Waals surface area contributed by atoms with E-state index in [0.717, 1.165) is 0 Å².